The highest BCUT2D eigenvalue weighted by Crippen LogP contribution is 2.32. The van der Waals surface area contributed by atoms with Crippen molar-refractivity contribution >= 4 is 28.2 Å². The zero-order valence-corrected chi connectivity index (χ0v) is 11.2. The van der Waals surface area contributed by atoms with Crippen molar-refractivity contribution in [3.05, 3.63) is 35.0 Å². The van der Waals surface area contributed by atoms with Gasteiger partial charge in [-0.1, -0.05) is 25.4 Å². The number of nitrogens with one attached hydrogen (secondary N) is 1. The summed E-state index contributed by atoms with van der Waals surface area (Å²) in [4.78, 5) is 4.41. The summed E-state index contributed by atoms with van der Waals surface area (Å²) in [5, 5.41) is 5.27. The number of aryl methyl sites for hydroxylation is 1. The summed E-state index contributed by atoms with van der Waals surface area (Å²) in [5.74, 6) is 0.582. The molecule has 0 unspecified atom stereocenters. The normalized spacial score (nSPS) is 11.1. The van der Waals surface area contributed by atoms with E-state index in [0.29, 0.717) is 5.92 Å². The minimum atomic E-state index is 0.582. The second-order valence-electron chi connectivity index (χ2n) is 4.72. The molecule has 0 saturated heterocycles. The number of hydrogen-bond donors (Lipinski definition) is 1. The standard InChI is InChI=1S/C14H17ClN2/c1-9(2)8-17-14-11-5-4-6-16-13(11)10(3)7-12(14)15/h4-7,9,17H,8H2,1-3H3. The van der Waals surface area contributed by atoms with E-state index in [-0.39, 0.29) is 0 Å². The molecule has 0 amide bonds. The molecule has 1 N–H and O–H groups in total. The van der Waals surface area contributed by atoms with Crippen LogP contribution in [0.4, 0.5) is 5.69 Å². The second kappa shape index (κ2) is 4.92. The molecule has 0 bridgehead atoms. The Labute approximate surface area is 107 Å². The maximum atomic E-state index is 6.30. The molecule has 90 valence electrons. The first-order valence-corrected chi connectivity index (χ1v) is 6.25. The van der Waals surface area contributed by atoms with Gasteiger partial charge in [0.25, 0.3) is 0 Å². The number of rotatable bonds is 3. The van der Waals surface area contributed by atoms with Crippen LogP contribution in [-0.4, -0.2) is 11.5 Å². The Morgan fingerprint density at radius 1 is 1.41 bits per heavy atom. The number of aromatic nitrogens is 1. The molecule has 0 fully saturated rings. The van der Waals surface area contributed by atoms with Crippen LogP contribution in [0.25, 0.3) is 10.9 Å². The fourth-order valence-corrected chi connectivity index (χ4v) is 2.20. The van der Waals surface area contributed by atoms with Crippen molar-refractivity contribution in [1.29, 1.82) is 0 Å². The van der Waals surface area contributed by atoms with Gasteiger partial charge < -0.3 is 5.32 Å². The molecule has 0 spiro atoms. The molecule has 0 atom stereocenters. The van der Waals surface area contributed by atoms with E-state index in [4.69, 9.17) is 11.6 Å². The van der Waals surface area contributed by atoms with E-state index in [1.165, 1.54) is 0 Å². The highest BCUT2D eigenvalue weighted by atomic mass is 35.5. The van der Waals surface area contributed by atoms with Crippen molar-refractivity contribution in [2.75, 3.05) is 11.9 Å². The number of halogens is 1. The van der Waals surface area contributed by atoms with Gasteiger partial charge >= 0.3 is 0 Å². The lowest BCUT2D eigenvalue weighted by Crippen LogP contribution is -2.09. The lowest BCUT2D eigenvalue weighted by molar-refractivity contribution is 0.689. The number of anilines is 1. The predicted molar refractivity (Wildman–Crippen MR) is 74.8 cm³/mol. The molecule has 0 radical (unpaired) electrons. The van der Waals surface area contributed by atoms with Gasteiger partial charge in [0.15, 0.2) is 0 Å². The minimum absolute atomic E-state index is 0.582. The first-order valence-electron chi connectivity index (χ1n) is 5.87. The number of fused-ring (bicyclic) bond motifs is 1. The van der Waals surface area contributed by atoms with E-state index in [1.807, 2.05) is 25.3 Å². The minimum Gasteiger partial charge on any atom is -0.383 e. The van der Waals surface area contributed by atoms with Crippen molar-refractivity contribution in [3.8, 4) is 0 Å². The Hall–Kier alpha value is -1.28. The fraction of sp³-hybridized carbons (Fsp3) is 0.357. The number of pyridine rings is 1. The highest BCUT2D eigenvalue weighted by Gasteiger charge is 2.09. The molecule has 1 heterocycles. The van der Waals surface area contributed by atoms with E-state index in [2.05, 4.69) is 30.2 Å². The summed E-state index contributed by atoms with van der Waals surface area (Å²) in [7, 11) is 0. The molecule has 2 aromatic rings. The van der Waals surface area contributed by atoms with Crippen LogP contribution < -0.4 is 5.32 Å². The molecule has 0 aliphatic rings. The average Bonchev–Trinajstić information content (AvgIpc) is 2.28. The quantitative estimate of drug-likeness (QED) is 0.878. The third-order valence-corrected chi connectivity index (χ3v) is 3.02. The Morgan fingerprint density at radius 2 is 2.18 bits per heavy atom. The van der Waals surface area contributed by atoms with Crippen LogP contribution in [0, 0.1) is 12.8 Å². The van der Waals surface area contributed by atoms with E-state index in [0.717, 1.165) is 33.7 Å². The Balaban J connectivity index is 2.53. The van der Waals surface area contributed by atoms with Crippen LogP contribution in [0.1, 0.15) is 19.4 Å². The molecular weight excluding hydrogens is 232 g/mol. The van der Waals surface area contributed by atoms with Gasteiger partial charge in [0.2, 0.25) is 0 Å². The molecule has 0 saturated carbocycles. The van der Waals surface area contributed by atoms with E-state index in [9.17, 15) is 0 Å². The third-order valence-electron chi connectivity index (χ3n) is 2.72. The van der Waals surface area contributed by atoms with E-state index >= 15 is 0 Å². The topological polar surface area (TPSA) is 24.9 Å². The lowest BCUT2D eigenvalue weighted by atomic mass is 10.1. The van der Waals surface area contributed by atoms with Crippen molar-refractivity contribution in [3.63, 3.8) is 0 Å². The molecule has 0 aliphatic heterocycles. The molecule has 3 heteroatoms. The summed E-state index contributed by atoms with van der Waals surface area (Å²) in [6, 6.07) is 5.97. The monoisotopic (exact) mass is 248 g/mol. The maximum absolute atomic E-state index is 6.30. The number of benzene rings is 1. The summed E-state index contributed by atoms with van der Waals surface area (Å²) < 4.78 is 0. The van der Waals surface area contributed by atoms with Crippen LogP contribution in [0.15, 0.2) is 24.4 Å². The van der Waals surface area contributed by atoms with Crippen molar-refractivity contribution in [2.24, 2.45) is 5.92 Å². The predicted octanol–water partition coefficient (Wildman–Crippen LogP) is 4.26. The summed E-state index contributed by atoms with van der Waals surface area (Å²) in [6.07, 6.45) is 1.81. The molecule has 0 aliphatic carbocycles. The fourth-order valence-electron chi connectivity index (χ4n) is 1.87. The van der Waals surface area contributed by atoms with Crippen LogP contribution >= 0.6 is 11.6 Å². The summed E-state index contributed by atoms with van der Waals surface area (Å²) in [5.41, 5.74) is 3.12. The zero-order valence-electron chi connectivity index (χ0n) is 10.4. The Bertz CT molecular complexity index is 535. The Kier molecular flexibility index (Phi) is 3.53. The van der Waals surface area contributed by atoms with Gasteiger partial charge in [-0.15, -0.1) is 0 Å². The molecule has 1 aromatic carbocycles. The van der Waals surface area contributed by atoms with Crippen molar-refractivity contribution in [2.45, 2.75) is 20.8 Å². The van der Waals surface area contributed by atoms with Gasteiger partial charge in [-0.2, -0.15) is 0 Å². The molecular formula is C14H17ClN2. The number of hydrogen-bond acceptors (Lipinski definition) is 2. The molecule has 17 heavy (non-hydrogen) atoms. The van der Waals surface area contributed by atoms with Crippen molar-refractivity contribution < 1.29 is 0 Å². The Morgan fingerprint density at radius 3 is 2.88 bits per heavy atom. The van der Waals surface area contributed by atoms with Crippen molar-refractivity contribution in [1.82, 2.24) is 4.98 Å². The zero-order chi connectivity index (χ0) is 12.4. The third kappa shape index (κ3) is 2.52. The van der Waals surface area contributed by atoms with Gasteiger partial charge in [-0.3, -0.25) is 4.98 Å². The van der Waals surface area contributed by atoms with Crippen LogP contribution in [0.5, 0.6) is 0 Å². The summed E-state index contributed by atoms with van der Waals surface area (Å²) >= 11 is 6.30. The van der Waals surface area contributed by atoms with Crippen LogP contribution in [0.2, 0.25) is 5.02 Å². The van der Waals surface area contributed by atoms with Crippen LogP contribution in [0.3, 0.4) is 0 Å². The SMILES string of the molecule is Cc1cc(Cl)c(NCC(C)C)c2cccnc12. The van der Waals surface area contributed by atoms with Gasteiger partial charge in [-0.05, 0) is 36.6 Å². The number of nitrogens with zero attached hydrogens (tertiary/aromatic N) is 1. The first-order chi connectivity index (χ1) is 8.09. The largest absolute Gasteiger partial charge is 0.383 e. The first kappa shape index (κ1) is 12.2. The molecule has 1 aromatic heterocycles. The second-order valence-corrected chi connectivity index (χ2v) is 5.13. The average molecular weight is 249 g/mol. The van der Waals surface area contributed by atoms with Crippen LogP contribution in [-0.2, 0) is 0 Å². The summed E-state index contributed by atoms with van der Waals surface area (Å²) in [6.45, 7) is 7.30. The smallest absolute Gasteiger partial charge is 0.0752 e. The van der Waals surface area contributed by atoms with E-state index < -0.39 is 0 Å². The maximum Gasteiger partial charge on any atom is 0.0752 e. The van der Waals surface area contributed by atoms with Gasteiger partial charge in [-0.25, -0.2) is 0 Å². The van der Waals surface area contributed by atoms with Gasteiger partial charge in [0.05, 0.1) is 16.2 Å². The molecule has 2 rings (SSSR count). The highest BCUT2D eigenvalue weighted by molar-refractivity contribution is 6.35. The van der Waals surface area contributed by atoms with Gasteiger partial charge in [0.1, 0.15) is 0 Å². The van der Waals surface area contributed by atoms with Gasteiger partial charge in [0, 0.05) is 18.1 Å². The molecule has 2 nitrogen and oxygen atoms in total. The lowest BCUT2D eigenvalue weighted by Gasteiger charge is -2.14. The van der Waals surface area contributed by atoms with E-state index in [1.54, 1.807) is 0 Å².